The number of carboxylic acid groups (broad SMARTS) is 1. The van der Waals surface area contributed by atoms with Gasteiger partial charge >= 0.3 is 12.1 Å². The lowest BCUT2D eigenvalue weighted by molar-refractivity contribution is -0.144. The Morgan fingerprint density at radius 1 is 1.00 bits per heavy atom. The highest BCUT2D eigenvalue weighted by atomic mass is 32.2. The zero-order valence-corrected chi connectivity index (χ0v) is 22.1. The summed E-state index contributed by atoms with van der Waals surface area (Å²) in [4.78, 5) is 26.1. The van der Waals surface area contributed by atoms with Gasteiger partial charge in [-0.25, -0.2) is 13.2 Å². The molecule has 2 aromatic rings. The summed E-state index contributed by atoms with van der Waals surface area (Å²) in [6, 6.07) is 12.5. The first kappa shape index (κ1) is 28.4. The molecular weight excluding hydrogens is 500 g/mol. The van der Waals surface area contributed by atoms with Crippen LogP contribution in [0.15, 0.2) is 53.4 Å². The van der Waals surface area contributed by atoms with Gasteiger partial charge in [0.2, 0.25) is 10.0 Å². The smallest absolute Gasteiger partial charge is 0.409 e. The molecule has 1 amide bonds. The second kappa shape index (κ2) is 12.9. The van der Waals surface area contributed by atoms with Crippen molar-refractivity contribution in [2.24, 2.45) is 5.92 Å². The van der Waals surface area contributed by atoms with E-state index in [2.05, 4.69) is 0 Å². The lowest BCUT2D eigenvalue weighted by Gasteiger charge is -2.37. The number of piperidine rings is 1. The molecule has 0 aromatic heterocycles. The predicted octanol–water partition coefficient (Wildman–Crippen LogP) is 3.32. The van der Waals surface area contributed by atoms with Crippen molar-refractivity contribution in [2.45, 2.75) is 30.7 Å². The van der Waals surface area contributed by atoms with Crippen LogP contribution in [0.1, 0.15) is 19.8 Å². The minimum absolute atomic E-state index is 0.00119. The number of hydrogen-bond donors (Lipinski definition) is 1. The maximum Gasteiger partial charge on any atom is 0.409 e. The minimum Gasteiger partial charge on any atom is -0.497 e. The number of carbonyl (C=O) groups is 2. The van der Waals surface area contributed by atoms with Gasteiger partial charge in [0.1, 0.15) is 18.4 Å². The number of hydrogen-bond acceptors (Lipinski definition) is 7. The summed E-state index contributed by atoms with van der Waals surface area (Å²) in [7, 11) is -0.994. The van der Waals surface area contributed by atoms with E-state index in [1.807, 2.05) is 24.3 Å². The first-order chi connectivity index (χ1) is 17.7. The number of ether oxygens (including phenoxy) is 3. The molecule has 1 fully saturated rings. The monoisotopic (exact) mass is 534 g/mol. The van der Waals surface area contributed by atoms with Crippen molar-refractivity contribution in [3.05, 3.63) is 48.5 Å². The maximum atomic E-state index is 13.6. The van der Waals surface area contributed by atoms with E-state index in [9.17, 15) is 23.1 Å². The molecule has 1 aliphatic rings. The quantitative estimate of drug-likeness (QED) is 0.436. The van der Waals surface area contributed by atoms with Crippen LogP contribution in [0.2, 0.25) is 0 Å². The molecule has 3 rings (SSSR count). The number of sulfonamides is 1. The number of benzene rings is 2. The summed E-state index contributed by atoms with van der Waals surface area (Å²) in [5, 5.41) is 10.1. The number of methoxy groups -OCH3 is 2. The Kier molecular flexibility index (Phi) is 9.90. The van der Waals surface area contributed by atoms with Crippen molar-refractivity contribution in [1.29, 1.82) is 0 Å². The lowest BCUT2D eigenvalue weighted by atomic mass is 9.89. The molecule has 2 aromatic carbocycles. The Balaban J connectivity index is 1.75. The standard InChI is InChI=1S/C26H34N2O8S/c1-4-28(24(25(29)30)21-13-15-27(16-14-21)26(31)36-18-17-34-2)37(32,33)23-11-7-20(8-12-23)19-5-9-22(35-3)10-6-19/h5-12,21,24H,4,13-18H2,1-3H3,(H,29,30). The molecule has 0 saturated carbocycles. The molecule has 10 nitrogen and oxygen atoms in total. The average molecular weight is 535 g/mol. The number of carbonyl (C=O) groups excluding carboxylic acids is 1. The van der Waals surface area contributed by atoms with E-state index in [-0.39, 0.29) is 37.7 Å². The summed E-state index contributed by atoms with van der Waals surface area (Å²) in [6.45, 7) is 2.61. The van der Waals surface area contributed by atoms with Crippen LogP contribution in [0.4, 0.5) is 4.79 Å². The average Bonchev–Trinajstić information content (AvgIpc) is 2.91. The fraction of sp³-hybridized carbons (Fsp3) is 0.462. The Bertz CT molecular complexity index is 1140. The van der Waals surface area contributed by atoms with Gasteiger partial charge in [0.15, 0.2) is 0 Å². The van der Waals surface area contributed by atoms with Gasteiger partial charge in [-0.3, -0.25) is 4.79 Å². The molecule has 1 N–H and O–H groups in total. The highest BCUT2D eigenvalue weighted by molar-refractivity contribution is 7.89. The van der Waals surface area contributed by atoms with Gasteiger partial charge in [-0.1, -0.05) is 31.2 Å². The molecule has 202 valence electrons. The normalized spacial score (nSPS) is 15.4. The van der Waals surface area contributed by atoms with Gasteiger partial charge in [0.05, 0.1) is 18.6 Å². The van der Waals surface area contributed by atoms with Crippen LogP contribution in [-0.2, 0) is 24.3 Å². The topological polar surface area (TPSA) is 123 Å². The molecule has 1 unspecified atom stereocenters. The van der Waals surface area contributed by atoms with Crippen LogP contribution in [0.25, 0.3) is 11.1 Å². The molecule has 1 atom stereocenters. The van der Waals surface area contributed by atoms with Gasteiger partial charge in [-0.2, -0.15) is 4.31 Å². The summed E-state index contributed by atoms with van der Waals surface area (Å²) in [5.41, 5.74) is 1.72. The molecular formula is C26H34N2O8S. The Morgan fingerprint density at radius 2 is 1.57 bits per heavy atom. The Morgan fingerprint density at radius 3 is 2.05 bits per heavy atom. The van der Waals surface area contributed by atoms with E-state index >= 15 is 0 Å². The number of aliphatic carboxylic acids is 1. The van der Waals surface area contributed by atoms with E-state index in [0.29, 0.717) is 12.8 Å². The fourth-order valence-electron chi connectivity index (χ4n) is 4.52. The third-order valence-corrected chi connectivity index (χ3v) is 8.49. The predicted molar refractivity (Wildman–Crippen MR) is 137 cm³/mol. The molecule has 37 heavy (non-hydrogen) atoms. The van der Waals surface area contributed by atoms with Crippen LogP contribution >= 0.6 is 0 Å². The first-order valence-corrected chi connectivity index (χ1v) is 13.6. The molecule has 0 bridgehead atoms. The summed E-state index contributed by atoms with van der Waals surface area (Å²) < 4.78 is 43.3. The second-order valence-electron chi connectivity index (χ2n) is 8.68. The van der Waals surface area contributed by atoms with Crippen molar-refractivity contribution in [3.63, 3.8) is 0 Å². The molecule has 1 saturated heterocycles. The van der Waals surface area contributed by atoms with Crippen molar-refractivity contribution in [3.8, 4) is 16.9 Å². The summed E-state index contributed by atoms with van der Waals surface area (Å²) >= 11 is 0. The highest BCUT2D eigenvalue weighted by Gasteiger charge is 2.41. The first-order valence-electron chi connectivity index (χ1n) is 12.1. The number of carboxylic acids is 1. The Labute approximate surface area is 217 Å². The molecule has 11 heteroatoms. The van der Waals surface area contributed by atoms with Crippen molar-refractivity contribution in [2.75, 3.05) is 47.1 Å². The zero-order valence-electron chi connectivity index (χ0n) is 21.3. The van der Waals surface area contributed by atoms with Crippen LogP contribution in [0.3, 0.4) is 0 Å². The van der Waals surface area contributed by atoms with Gasteiger partial charge in [0.25, 0.3) is 0 Å². The van der Waals surface area contributed by atoms with Crippen molar-refractivity contribution >= 4 is 22.1 Å². The van der Waals surface area contributed by atoms with Crippen LogP contribution < -0.4 is 4.74 Å². The van der Waals surface area contributed by atoms with Gasteiger partial charge in [-0.05, 0) is 54.2 Å². The molecule has 0 spiro atoms. The fourth-order valence-corrected chi connectivity index (χ4v) is 6.17. The highest BCUT2D eigenvalue weighted by Crippen LogP contribution is 2.30. The number of amides is 1. The molecule has 0 aliphatic carbocycles. The molecule has 1 heterocycles. The zero-order chi connectivity index (χ0) is 27.0. The molecule has 1 aliphatic heterocycles. The third-order valence-electron chi connectivity index (χ3n) is 6.52. The van der Waals surface area contributed by atoms with Gasteiger partial charge in [-0.15, -0.1) is 0 Å². The summed E-state index contributed by atoms with van der Waals surface area (Å²) in [6.07, 6.45) is 0.205. The van der Waals surface area contributed by atoms with E-state index < -0.39 is 34.0 Å². The van der Waals surface area contributed by atoms with Gasteiger partial charge in [0, 0.05) is 26.7 Å². The van der Waals surface area contributed by atoms with E-state index in [4.69, 9.17) is 14.2 Å². The van der Waals surface area contributed by atoms with Crippen LogP contribution in [0, 0.1) is 5.92 Å². The number of likely N-dealkylation sites (tertiary alicyclic amines) is 1. The van der Waals surface area contributed by atoms with Crippen LogP contribution in [0.5, 0.6) is 5.75 Å². The lowest BCUT2D eigenvalue weighted by Crippen LogP contribution is -2.52. The van der Waals surface area contributed by atoms with Crippen molar-refractivity contribution < 1.29 is 37.3 Å². The van der Waals surface area contributed by atoms with Gasteiger partial charge < -0.3 is 24.2 Å². The second-order valence-corrected chi connectivity index (χ2v) is 10.6. The third kappa shape index (κ3) is 6.79. The maximum absolute atomic E-state index is 13.6. The molecule has 0 radical (unpaired) electrons. The Hall–Kier alpha value is -3.15. The summed E-state index contributed by atoms with van der Waals surface area (Å²) in [5.74, 6) is -0.940. The minimum atomic E-state index is -4.09. The number of likely N-dealkylation sites (N-methyl/N-ethyl adjacent to an activating group) is 1. The SMILES string of the molecule is CCN(C(C(=O)O)C1CCN(C(=O)OCCOC)CC1)S(=O)(=O)c1ccc(-c2ccc(OC)cc2)cc1. The largest absolute Gasteiger partial charge is 0.497 e. The van der Waals surface area contributed by atoms with E-state index in [1.165, 1.54) is 24.1 Å². The number of nitrogens with zero attached hydrogens (tertiary/aromatic N) is 2. The van der Waals surface area contributed by atoms with E-state index in [0.717, 1.165) is 21.2 Å². The van der Waals surface area contributed by atoms with Crippen molar-refractivity contribution in [1.82, 2.24) is 9.21 Å². The van der Waals surface area contributed by atoms with Crippen LogP contribution in [-0.4, -0.2) is 87.9 Å². The number of rotatable bonds is 11. The van der Waals surface area contributed by atoms with E-state index in [1.54, 1.807) is 26.2 Å².